The fraction of sp³-hybridized carbons (Fsp3) is 0.933. The first-order valence-corrected chi connectivity index (χ1v) is 8.12. The summed E-state index contributed by atoms with van der Waals surface area (Å²) in [5, 5.41) is 0. The first-order valence-electron chi connectivity index (χ1n) is 8.12. The molecule has 2 N–H and O–H groups in total. The van der Waals surface area contributed by atoms with Gasteiger partial charge in [0, 0.05) is 32.8 Å². The van der Waals surface area contributed by atoms with E-state index in [4.69, 9.17) is 15.2 Å². The van der Waals surface area contributed by atoms with Gasteiger partial charge in [-0.2, -0.15) is 0 Å². The van der Waals surface area contributed by atoms with Crippen LogP contribution in [0.25, 0.3) is 0 Å². The SMILES string of the molecule is CC1CN(C(=O)CN2CCC(OCCCN)CC2)CCO1. The predicted octanol–water partition coefficient (Wildman–Crippen LogP) is 0.0635. The lowest BCUT2D eigenvalue weighted by Gasteiger charge is -2.35. The lowest BCUT2D eigenvalue weighted by molar-refractivity contribution is -0.140. The van der Waals surface area contributed by atoms with Crippen LogP contribution in [0.1, 0.15) is 26.2 Å². The van der Waals surface area contributed by atoms with Crippen molar-refractivity contribution in [1.29, 1.82) is 0 Å². The third-order valence-electron chi connectivity index (χ3n) is 4.19. The molecular formula is C15H29N3O3. The van der Waals surface area contributed by atoms with Gasteiger partial charge >= 0.3 is 0 Å². The molecule has 6 nitrogen and oxygen atoms in total. The van der Waals surface area contributed by atoms with Crippen molar-refractivity contribution in [2.45, 2.75) is 38.4 Å². The molecule has 1 amide bonds. The standard InChI is InChI=1S/C15H29N3O3/c1-13-11-18(8-10-20-13)15(19)12-17-6-3-14(4-7-17)21-9-2-5-16/h13-14H,2-12,16H2,1H3. The molecule has 2 saturated heterocycles. The van der Waals surface area contributed by atoms with Crippen molar-refractivity contribution in [2.75, 3.05) is 52.5 Å². The van der Waals surface area contributed by atoms with Crippen LogP contribution in [0.15, 0.2) is 0 Å². The Labute approximate surface area is 127 Å². The maximum atomic E-state index is 12.3. The van der Waals surface area contributed by atoms with Crippen molar-refractivity contribution in [3.63, 3.8) is 0 Å². The van der Waals surface area contributed by atoms with E-state index in [2.05, 4.69) is 4.90 Å². The summed E-state index contributed by atoms with van der Waals surface area (Å²) in [4.78, 5) is 16.5. The van der Waals surface area contributed by atoms with Gasteiger partial charge < -0.3 is 20.1 Å². The van der Waals surface area contributed by atoms with Crippen LogP contribution in [0, 0.1) is 0 Å². The van der Waals surface area contributed by atoms with Gasteiger partial charge in [0.1, 0.15) is 0 Å². The highest BCUT2D eigenvalue weighted by atomic mass is 16.5. The number of rotatable bonds is 6. The maximum absolute atomic E-state index is 12.3. The molecule has 6 heteroatoms. The molecule has 1 unspecified atom stereocenters. The van der Waals surface area contributed by atoms with Gasteiger partial charge in [0.05, 0.1) is 25.4 Å². The molecule has 2 aliphatic heterocycles. The van der Waals surface area contributed by atoms with Gasteiger partial charge in [-0.1, -0.05) is 0 Å². The van der Waals surface area contributed by atoms with Crippen LogP contribution < -0.4 is 5.73 Å². The predicted molar refractivity (Wildman–Crippen MR) is 81.1 cm³/mol. The Morgan fingerprint density at radius 3 is 2.76 bits per heavy atom. The number of hydrogen-bond donors (Lipinski definition) is 1. The van der Waals surface area contributed by atoms with Gasteiger partial charge in [-0.3, -0.25) is 9.69 Å². The summed E-state index contributed by atoms with van der Waals surface area (Å²) < 4.78 is 11.3. The molecule has 0 saturated carbocycles. The molecule has 0 aliphatic carbocycles. The fourth-order valence-electron chi connectivity index (χ4n) is 2.90. The highest BCUT2D eigenvalue weighted by Crippen LogP contribution is 2.14. The fourth-order valence-corrected chi connectivity index (χ4v) is 2.90. The van der Waals surface area contributed by atoms with Gasteiger partial charge in [0.2, 0.25) is 5.91 Å². The molecule has 21 heavy (non-hydrogen) atoms. The zero-order valence-electron chi connectivity index (χ0n) is 13.1. The summed E-state index contributed by atoms with van der Waals surface area (Å²) >= 11 is 0. The van der Waals surface area contributed by atoms with E-state index in [1.165, 1.54) is 0 Å². The number of likely N-dealkylation sites (tertiary alicyclic amines) is 1. The molecular weight excluding hydrogens is 270 g/mol. The summed E-state index contributed by atoms with van der Waals surface area (Å²) in [6, 6.07) is 0. The smallest absolute Gasteiger partial charge is 0.236 e. The minimum Gasteiger partial charge on any atom is -0.378 e. The summed E-state index contributed by atoms with van der Waals surface area (Å²) in [7, 11) is 0. The second-order valence-corrected chi connectivity index (χ2v) is 6.01. The van der Waals surface area contributed by atoms with E-state index in [-0.39, 0.29) is 12.0 Å². The van der Waals surface area contributed by atoms with Crippen LogP contribution in [0.5, 0.6) is 0 Å². The molecule has 0 aromatic heterocycles. The van der Waals surface area contributed by atoms with E-state index in [1.54, 1.807) is 0 Å². The maximum Gasteiger partial charge on any atom is 0.236 e. The Morgan fingerprint density at radius 1 is 1.33 bits per heavy atom. The minimum absolute atomic E-state index is 0.157. The average Bonchev–Trinajstić information content (AvgIpc) is 2.49. The summed E-state index contributed by atoms with van der Waals surface area (Å²) in [6.07, 6.45) is 3.44. The number of amides is 1. The minimum atomic E-state index is 0.157. The highest BCUT2D eigenvalue weighted by molar-refractivity contribution is 5.78. The Kier molecular flexibility index (Phi) is 6.89. The lowest BCUT2D eigenvalue weighted by Crippen LogP contribution is -2.49. The van der Waals surface area contributed by atoms with Gasteiger partial charge in [0.15, 0.2) is 0 Å². The molecule has 1 atom stereocenters. The Morgan fingerprint density at radius 2 is 2.10 bits per heavy atom. The van der Waals surface area contributed by atoms with Gasteiger partial charge in [-0.15, -0.1) is 0 Å². The number of carbonyl (C=O) groups is 1. The van der Waals surface area contributed by atoms with Crippen LogP contribution in [0.4, 0.5) is 0 Å². The van der Waals surface area contributed by atoms with Gasteiger partial charge in [-0.25, -0.2) is 0 Å². The monoisotopic (exact) mass is 299 g/mol. The van der Waals surface area contributed by atoms with Crippen LogP contribution in [0.2, 0.25) is 0 Å². The molecule has 2 fully saturated rings. The first kappa shape index (κ1) is 16.7. The number of hydrogen-bond acceptors (Lipinski definition) is 5. The lowest BCUT2D eigenvalue weighted by atomic mass is 10.1. The van der Waals surface area contributed by atoms with Crippen LogP contribution in [-0.4, -0.2) is 80.4 Å². The van der Waals surface area contributed by atoms with Crippen molar-refractivity contribution in [3.8, 4) is 0 Å². The van der Waals surface area contributed by atoms with E-state index in [0.717, 1.165) is 52.0 Å². The molecule has 0 aromatic rings. The number of morpholine rings is 1. The van der Waals surface area contributed by atoms with Crippen molar-refractivity contribution >= 4 is 5.91 Å². The Bertz CT molecular complexity index is 319. The van der Waals surface area contributed by atoms with Crippen LogP contribution in [0.3, 0.4) is 0 Å². The van der Waals surface area contributed by atoms with E-state index >= 15 is 0 Å². The summed E-state index contributed by atoms with van der Waals surface area (Å²) in [5.74, 6) is 0.229. The Balaban J connectivity index is 1.64. The molecule has 0 radical (unpaired) electrons. The summed E-state index contributed by atoms with van der Waals surface area (Å²) in [6.45, 7) is 7.98. The molecule has 0 bridgehead atoms. The second kappa shape index (κ2) is 8.68. The van der Waals surface area contributed by atoms with Crippen molar-refractivity contribution in [2.24, 2.45) is 5.73 Å². The second-order valence-electron chi connectivity index (χ2n) is 6.01. The molecule has 2 rings (SSSR count). The van der Waals surface area contributed by atoms with E-state index in [0.29, 0.717) is 25.8 Å². The largest absolute Gasteiger partial charge is 0.378 e. The van der Waals surface area contributed by atoms with Crippen molar-refractivity contribution in [3.05, 3.63) is 0 Å². The molecule has 122 valence electrons. The molecule has 2 heterocycles. The highest BCUT2D eigenvalue weighted by Gasteiger charge is 2.25. The molecule has 0 spiro atoms. The zero-order chi connectivity index (χ0) is 15.1. The normalized spacial score (nSPS) is 25.2. The number of piperidine rings is 1. The zero-order valence-corrected chi connectivity index (χ0v) is 13.1. The number of nitrogens with two attached hydrogens (primary N) is 1. The molecule has 2 aliphatic rings. The van der Waals surface area contributed by atoms with Crippen LogP contribution >= 0.6 is 0 Å². The van der Waals surface area contributed by atoms with E-state index < -0.39 is 0 Å². The Hall–Kier alpha value is -0.690. The van der Waals surface area contributed by atoms with Crippen LogP contribution in [-0.2, 0) is 14.3 Å². The first-order chi connectivity index (χ1) is 10.2. The summed E-state index contributed by atoms with van der Waals surface area (Å²) in [5.41, 5.74) is 5.46. The number of nitrogens with zero attached hydrogens (tertiary/aromatic N) is 2. The van der Waals surface area contributed by atoms with Gasteiger partial charge in [-0.05, 0) is 32.7 Å². The van der Waals surface area contributed by atoms with Crippen molar-refractivity contribution in [1.82, 2.24) is 9.80 Å². The molecule has 0 aromatic carbocycles. The number of ether oxygens (including phenoxy) is 2. The quantitative estimate of drug-likeness (QED) is 0.703. The van der Waals surface area contributed by atoms with E-state index in [1.807, 2.05) is 11.8 Å². The average molecular weight is 299 g/mol. The third-order valence-corrected chi connectivity index (χ3v) is 4.19. The third kappa shape index (κ3) is 5.54. The number of carbonyl (C=O) groups excluding carboxylic acids is 1. The van der Waals surface area contributed by atoms with Gasteiger partial charge in [0.25, 0.3) is 0 Å². The van der Waals surface area contributed by atoms with Crippen molar-refractivity contribution < 1.29 is 14.3 Å². The topological polar surface area (TPSA) is 68.0 Å². The van der Waals surface area contributed by atoms with E-state index in [9.17, 15) is 4.79 Å².